The lowest BCUT2D eigenvalue weighted by molar-refractivity contribution is 0.0526. The largest absolute Gasteiger partial charge is 0.462 e. The molecule has 3 nitrogen and oxygen atoms in total. The SMILES string of the molecule is CCOC(=O)c1ccc2ncc(C3CC3)cc2c1. The Morgan fingerprint density at radius 3 is 2.94 bits per heavy atom. The maximum Gasteiger partial charge on any atom is 0.338 e. The average Bonchev–Trinajstić information content (AvgIpc) is 3.22. The maximum absolute atomic E-state index is 11.7. The minimum absolute atomic E-state index is 0.267. The third-order valence-corrected chi connectivity index (χ3v) is 3.26. The van der Waals surface area contributed by atoms with Gasteiger partial charge < -0.3 is 4.74 Å². The topological polar surface area (TPSA) is 39.2 Å². The average molecular weight is 241 g/mol. The van der Waals surface area contributed by atoms with E-state index < -0.39 is 0 Å². The second-order valence-corrected chi connectivity index (χ2v) is 4.67. The number of carbonyl (C=O) groups excluding carboxylic acids is 1. The van der Waals surface area contributed by atoms with E-state index in [1.54, 1.807) is 6.07 Å². The molecule has 0 spiro atoms. The van der Waals surface area contributed by atoms with E-state index in [0.717, 1.165) is 10.9 Å². The molecule has 0 atom stereocenters. The van der Waals surface area contributed by atoms with Crippen molar-refractivity contribution in [3.8, 4) is 0 Å². The van der Waals surface area contributed by atoms with Gasteiger partial charge in [-0.1, -0.05) is 0 Å². The third kappa shape index (κ3) is 2.08. The van der Waals surface area contributed by atoms with Gasteiger partial charge in [0.15, 0.2) is 0 Å². The van der Waals surface area contributed by atoms with Crippen molar-refractivity contribution in [2.45, 2.75) is 25.7 Å². The molecule has 1 aliphatic carbocycles. The van der Waals surface area contributed by atoms with Crippen LogP contribution in [0.25, 0.3) is 10.9 Å². The van der Waals surface area contributed by atoms with Crippen LogP contribution < -0.4 is 0 Å². The quantitative estimate of drug-likeness (QED) is 0.774. The number of pyridine rings is 1. The fourth-order valence-electron chi connectivity index (χ4n) is 2.13. The molecule has 0 N–H and O–H groups in total. The molecule has 2 aromatic rings. The number of carbonyl (C=O) groups is 1. The van der Waals surface area contributed by atoms with Crippen molar-refractivity contribution in [1.82, 2.24) is 4.98 Å². The minimum Gasteiger partial charge on any atom is -0.462 e. The van der Waals surface area contributed by atoms with Gasteiger partial charge in [-0.15, -0.1) is 0 Å². The van der Waals surface area contributed by atoms with Gasteiger partial charge >= 0.3 is 5.97 Å². The normalized spacial score (nSPS) is 14.7. The Hall–Kier alpha value is -1.90. The lowest BCUT2D eigenvalue weighted by Gasteiger charge is -2.05. The Morgan fingerprint density at radius 2 is 2.22 bits per heavy atom. The number of benzene rings is 1. The van der Waals surface area contributed by atoms with E-state index in [9.17, 15) is 4.79 Å². The molecule has 3 heteroatoms. The van der Waals surface area contributed by atoms with Crippen molar-refractivity contribution in [3.05, 3.63) is 41.6 Å². The fraction of sp³-hybridized carbons (Fsp3) is 0.333. The first-order valence-corrected chi connectivity index (χ1v) is 6.35. The van der Waals surface area contributed by atoms with Crippen molar-refractivity contribution in [2.75, 3.05) is 6.61 Å². The van der Waals surface area contributed by atoms with Gasteiger partial charge in [0.05, 0.1) is 17.7 Å². The molecule has 18 heavy (non-hydrogen) atoms. The van der Waals surface area contributed by atoms with E-state index in [-0.39, 0.29) is 5.97 Å². The van der Waals surface area contributed by atoms with Gasteiger partial charge in [0.2, 0.25) is 0 Å². The second kappa shape index (κ2) is 4.41. The van der Waals surface area contributed by atoms with Crippen LogP contribution in [0.3, 0.4) is 0 Å². The maximum atomic E-state index is 11.7. The Morgan fingerprint density at radius 1 is 1.39 bits per heavy atom. The summed E-state index contributed by atoms with van der Waals surface area (Å²) in [5.74, 6) is 0.407. The number of fused-ring (bicyclic) bond motifs is 1. The molecular formula is C15H15NO2. The molecule has 0 radical (unpaired) electrons. The molecule has 0 amide bonds. The molecule has 1 heterocycles. The van der Waals surface area contributed by atoms with E-state index >= 15 is 0 Å². The van der Waals surface area contributed by atoms with Gasteiger partial charge in [-0.25, -0.2) is 4.79 Å². The smallest absolute Gasteiger partial charge is 0.338 e. The molecule has 1 aliphatic rings. The van der Waals surface area contributed by atoms with Crippen LogP contribution in [0.4, 0.5) is 0 Å². The van der Waals surface area contributed by atoms with Crippen molar-refractivity contribution < 1.29 is 9.53 Å². The first kappa shape index (κ1) is 11.2. The second-order valence-electron chi connectivity index (χ2n) is 4.67. The summed E-state index contributed by atoms with van der Waals surface area (Å²) in [5, 5.41) is 1.02. The minimum atomic E-state index is -0.267. The van der Waals surface area contributed by atoms with Crippen molar-refractivity contribution in [2.24, 2.45) is 0 Å². The van der Waals surface area contributed by atoms with Crippen LogP contribution in [0.5, 0.6) is 0 Å². The number of rotatable bonds is 3. The van der Waals surface area contributed by atoms with Gasteiger partial charge in [0, 0.05) is 11.6 Å². The molecule has 0 aliphatic heterocycles. The summed E-state index contributed by atoms with van der Waals surface area (Å²) in [7, 11) is 0. The summed E-state index contributed by atoms with van der Waals surface area (Å²) < 4.78 is 5.01. The first-order valence-electron chi connectivity index (χ1n) is 6.35. The summed E-state index contributed by atoms with van der Waals surface area (Å²) in [6.45, 7) is 2.21. The van der Waals surface area contributed by atoms with E-state index in [1.165, 1.54) is 18.4 Å². The summed E-state index contributed by atoms with van der Waals surface area (Å²) in [4.78, 5) is 16.1. The fourth-order valence-corrected chi connectivity index (χ4v) is 2.13. The van der Waals surface area contributed by atoms with Crippen molar-refractivity contribution in [1.29, 1.82) is 0 Å². The zero-order chi connectivity index (χ0) is 12.5. The van der Waals surface area contributed by atoms with Crippen LogP contribution >= 0.6 is 0 Å². The van der Waals surface area contributed by atoms with E-state index in [0.29, 0.717) is 18.1 Å². The monoisotopic (exact) mass is 241 g/mol. The third-order valence-electron chi connectivity index (χ3n) is 3.26. The molecular weight excluding hydrogens is 226 g/mol. The predicted octanol–water partition coefficient (Wildman–Crippen LogP) is 3.29. The molecule has 0 saturated heterocycles. The van der Waals surface area contributed by atoms with Crippen LogP contribution in [-0.2, 0) is 4.74 Å². The summed E-state index contributed by atoms with van der Waals surface area (Å²) in [6, 6.07) is 7.65. The highest BCUT2D eigenvalue weighted by molar-refractivity contribution is 5.94. The summed E-state index contributed by atoms with van der Waals surface area (Å²) >= 11 is 0. The molecule has 0 bridgehead atoms. The lowest BCUT2D eigenvalue weighted by Crippen LogP contribution is -2.04. The first-order chi connectivity index (χ1) is 8.78. The molecule has 1 fully saturated rings. The van der Waals surface area contributed by atoms with Crippen LogP contribution in [0.1, 0.15) is 41.6 Å². The Labute approximate surface area is 106 Å². The number of hydrogen-bond acceptors (Lipinski definition) is 3. The molecule has 3 rings (SSSR count). The Balaban J connectivity index is 2.00. The highest BCUT2D eigenvalue weighted by Crippen LogP contribution is 2.40. The van der Waals surface area contributed by atoms with Gasteiger partial charge in [-0.3, -0.25) is 4.98 Å². The summed E-state index contributed by atoms with van der Waals surface area (Å²) in [5.41, 5.74) is 2.80. The van der Waals surface area contributed by atoms with Gasteiger partial charge in [0.1, 0.15) is 0 Å². The Bertz CT molecular complexity index is 602. The van der Waals surface area contributed by atoms with Crippen LogP contribution in [-0.4, -0.2) is 17.6 Å². The standard InChI is InChI=1S/C15H15NO2/c1-2-18-15(17)11-5-6-14-12(7-11)8-13(9-16-14)10-3-4-10/h5-10H,2-4H2,1H3. The number of ether oxygens (including phenoxy) is 1. The number of hydrogen-bond donors (Lipinski definition) is 0. The number of nitrogens with zero attached hydrogens (tertiary/aromatic N) is 1. The summed E-state index contributed by atoms with van der Waals surface area (Å²) in [6.07, 6.45) is 4.46. The zero-order valence-corrected chi connectivity index (χ0v) is 10.3. The highest BCUT2D eigenvalue weighted by atomic mass is 16.5. The zero-order valence-electron chi connectivity index (χ0n) is 10.3. The van der Waals surface area contributed by atoms with E-state index in [4.69, 9.17) is 4.74 Å². The molecule has 1 aromatic heterocycles. The molecule has 92 valence electrons. The lowest BCUT2D eigenvalue weighted by atomic mass is 10.1. The van der Waals surface area contributed by atoms with Gasteiger partial charge in [0.25, 0.3) is 0 Å². The number of esters is 1. The highest BCUT2D eigenvalue weighted by Gasteiger charge is 2.23. The molecule has 1 saturated carbocycles. The van der Waals surface area contributed by atoms with Crippen LogP contribution in [0.2, 0.25) is 0 Å². The van der Waals surface area contributed by atoms with Crippen molar-refractivity contribution in [3.63, 3.8) is 0 Å². The van der Waals surface area contributed by atoms with E-state index in [2.05, 4.69) is 11.1 Å². The van der Waals surface area contributed by atoms with Crippen molar-refractivity contribution >= 4 is 16.9 Å². The number of aromatic nitrogens is 1. The predicted molar refractivity (Wildman–Crippen MR) is 69.7 cm³/mol. The molecule has 1 aromatic carbocycles. The van der Waals surface area contributed by atoms with Crippen LogP contribution in [0.15, 0.2) is 30.5 Å². The van der Waals surface area contributed by atoms with Crippen LogP contribution in [0, 0.1) is 0 Å². The van der Waals surface area contributed by atoms with Gasteiger partial charge in [-0.05, 0) is 55.5 Å². The Kier molecular flexibility index (Phi) is 2.74. The van der Waals surface area contributed by atoms with Gasteiger partial charge in [-0.2, -0.15) is 0 Å². The molecule has 0 unspecified atom stereocenters. The van der Waals surface area contributed by atoms with E-state index in [1.807, 2.05) is 25.3 Å².